The molecule has 0 saturated heterocycles. The van der Waals surface area contributed by atoms with Crippen LogP contribution in [-0.2, 0) is 10.9 Å². The second-order valence-electron chi connectivity index (χ2n) is 4.55. The van der Waals surface area contributed by atoms with Gasteiger partial charge in [-0.15, -0.1) is 0 Å². The zero-order chi connectivity index (χ0) is 15.9. The molecule has 0 N–H and O–H groups in total. The molecule has 1 rings (SSSR count). The fourth-order valence-corrected chi connectivity index (χ4v) is 2.76. The topological polar surface area (TPSA) is 39.2 Å². The molecule has 0 aromatic carbocycles. The molecule has 1 aromatic heterocycles. The summed E-state index contributed by atoms with van der Waals surface area (Å²) in [7, 11) is 0. The lowest BCUT2D eigenvalue weighted by Crippen LogP contribution is -2.14. The quantitative estimate of drug-likeness (QED) is 0.473. The molecule has 0 aliphatic carbocycles. The van der Waals surface area contributed by atoms with Crippen LogP contribution in [0.4, 0.5) is 13.2 Å². The molecule has 0 amide bonds. The molecule has 0 unspecified atom stereocenters. The van der Waals surface area contributed by atoms with Gasteiger partial charge in [0.25, 0.3) is 0 Å². The SMILES string of the molecule is CCCCCCCCOC(=O)c1sc(Cl)nc1C(F)(F)F. The van der Waals surface area contributed by atoms with Gasteiger partial charge >= 0.3 is 12.1 Å². The Balaban J connectivity index is 2.42. The van der Waals surface area contributed by atoms with Crippen molar-refractivity contribution in [3.05, 3.63) is 15.0 Å². The van der Waals surface area contributed by atoms with E-state index in [4.69, 9.17) is 16.3 Å². The Morgan fingerprint density at radius 2 is 1.86 bits per heavy atom. The number of hydrogen-bond donors (Lipinski definition) is 0. The summed E-state index contributed by atoms with van der Waals surface area (Å²) in [5.41, 5.74) is -1.27. The molecular weight excluding hydrogens is 327 g/mol. The van der Waals surface area contributed by atoms with Crippen molar-refractivity contribution in [3.63, 3.8) is 0 Å². The van der Waals surface area contributed by atoms with Crippen molar-refractivity contribution >= 4 is 28.9 Å². The van der Waals surface area contributed by atoms with Gasteiger partial charge in [-0.1, -0.05) is 62.0 Å². The number of aromatic nitrogens is 1. The molecule has 0 aliphatic heterocycles. The van der Waals surface area contributed by atoms with E-state index in [1.54, 1.807) is 0 Å². The number of hydrogen-bond acceptors (Lipinski definition) is 4. The number of thiazole rings is 1. The van der Waals surface area contributed by atoms with E-state index in [1.807, 2.05) is 0 Å². The van der Waals surface area contributed by atoms with Gasteiger partial charge in [-0.05, 0) is 6.42 Å². The second kappa shape index (κ2) is 8.58. The van der Waals surface area contributed by atoms with Crippen LogP contribution in [0.3, 0.4) is 0 Å². The first-order valence-corrected chi connectivity index (χ1v) is 7.96. The number of rotatable bonds is 8. The lowest BCUT2D eigenvalue weighted by atomic mass is 10.1. The first-order valence-electron chi connectivity index (χ1n) is 6.77. The van der Waals surface area contributed by atoms with E-state index in [2.05, 4.69) is 11.9 Å². The summed E-state index contributed by atoms with van der Waals surface area (Å²) in [5.74, 6) is -1.01. The van der Waals surface area contributed by atoms with Gasteiger partial charge in [0, 0.05) is 0 Å². The minimum absolute atomic E-state index is 0.109. The van der Waals surface area contributed by atoms with E-state index < -0.39 is 22.7 Å². The molecule has 0 fully saturated rings. The van der Waals surface area contributed by atoms with Crippen molar-refractivity contribution in [1.29, 1.82) is 0 Å². The van der Waals surface area contributed by atoms with Crippen LogP contribution in [0.1, 0.15) is 60.8 Å². The van der Waals surface area contributed by atoms with E-state index in [9.17, 15) is 18.0 Å². The number of halogens is 4. The number of esters is 1. The van der Waals surface area contributed by atoms with Crippen LogP contribution in [0, 0.1) is 0 Å². The van der Waals surface area contributed by atoms with Crippen molar-refractivity contribution < 1.29 is 22.7 Å². The number of nitrogens with zero attached hydrogens (tertiary/aromatic N) is 1. The average molecular weight is 344 g/mol. The summed E-state index contributed by atoms with van der Waals surface area (Å²) in [6.45, 7) is 2.22. The van der Waals surface area contributed by atoms with Gasteiger partial charge in [0.1, 0.15) is 4.88 Å². The third kappa shape index (κ3) is 6.22. The Labute approximate surface area is 130 Å². The van der Waals surface area contributed by atoms with Crippen LogP contribution in [0.15, 0.2) is 0 Å². The molecule has 0 saturated carbocycles. The number of unbranched alkanes of at least 4 members (excludes halogenated alkanes) is 5. The van der Waals surface area contributed by atoms with Gasteiger partial charge in [0.05, 0.1) is 6.61 Å². The van der Waals surface area contributed by atoms with Gasteiger partial charge in [-0.25, -0.2) is 9.78 Å². The van der Waals surface area contributed by atoms with Crippen molar-refractivity contribution in [2.45, 2.75) is 51.6 Å². The first kappa shape index (κ1) is 18.2. The van der Waals surface area contributed by atoms with Crippen LogP contribution in [0.5, 0.6) is 0 Å². The third-order valence-electron chi connectivity index (χ3n) is 2.79. The molecular formula is C13H17ClF3NO2S. The summed E-state index contributed by atoms with van der Waals surface area (Å²) in [6, 6.07) is 0. The summed E-state index contributed by atoms with van der Waals surface area (Å²) in [4.78, 5) is 14.2. The predicted molar refractivity (Wildman–Crippen MR) is 75.8 cm³/mol. The molecule has 8 heteroatoms. The predicted octanol–water partition coefficient (Wildman–Crippen LogP) is 5.33. The van der Waals surface area contributed by atoms with E-state index in [1.165, 1.54) is 0 Å². The summed E-state index contributed by atoms with van der Waals surface area (Å²) >= 11 is 5.93. The van der Waals surface area contributed by atoms with Gasteiger partial charge in [-0.2, -0.15) is 13.2 Å². The number of carbonyl (C=O) groups is 1. The molecule has 1 heterocycles. The maximum atomic E-state index is 12.7. The second-order valence-corrected chi connectivity index (χ2v) is 6.13. The van der Waals surface area contributed by atoms with Crippen LogP contribution in [-0.4, -0.2) is 17.6 Å². The Morgan fingerprint density at radius 1 is 1.24 bits per heavy atom. The van der Waals surface area contributed by atoms with Gasteiger partial charge < -0.3 is 4.74 Å². The first-order chi connectivity index (χ1) is 9.86. The number of ether oxygens (including phenoxy) is 1. The Morgan fingerprint density at radius 3 is 2.48 bits per heavy atom. The molecule has 3 nitrogen and oxygen atoms in total. The van der Waals surface area contributed by atoms with Crippen LogP contribution < -0.4 is 0 Å². The minimum Gasteiger partial charge on any atom is -0.461 e. The maximum Gasteiger partial charge on any atom is 0.435 e. The highest BCUT2D eigenvalue weighted by Gasteiger charge is 2.40. The van der Waals surface area contributed by atoms with E-state index in [0.717, 1.165) is 32.1 Å². The number of carbonyl (C=O) groups excluding carboxylic acids is 1. The lowest BCUT2D eigenvalue weighted by molar-refractivity contribution is -0.141. The van der Waals surface area contributed by atoms with Gasteiger partial charge in [-0.3, -0.25) is 0 Å². The Hall–Kier alpha value is -0.820. The molecule has 0 atom stereocenters. The van der Waals surface area contributed by atoms with E-state index in [0.29, 0.717) is 17.8 Å². The fraction of sp³-hybridized carbons (Fsp3) is 0.692. The highest BCUT2D eigenvalue weighted by atomic mass is 35.5. The van der Waals surface area contributed by atoms with Crippen LogP contribution in [0.25, 0.3) is 0 Å². The Bertz CT molecular complexity index is 463. The van der Waals surface area contributed by atoms with E-state index >= 15 is 0 Å². The monoisotopic (exact) mass is 343 g/mol. The maximum absolute atomic E-state index is 12.7. The van der Waals surface area contributed by atoms with Gasteiger partial charge in [0.15, 0.2) is 10.2 Å². The normalized spacial score (nSPS) is 11.7. The van der Waals surface area contributed by atoms with Crippen LogP contribution >= 0.6 is 22.9 Å². The smallest absolute Gasteiger partial charge is 0.435 e. The lowest BCUT2D eigenvalue weighted by Gasteiger charge is -2.06. The third-order valence-corrected chi connectivity index (χ3v) is 3.93. The molecule has 0 bridgehead atoms. The molecule has 120 valence electrons. The molecule has 1 aromatic rings. The van der Waals surface area contributed by atoms with Crippen molar-refractivity contribution in [2.75, 3.05) is 6.61 Å². The molecule has 0 aliphatic rings. The molecule has 0 spiro atoms. The Kier molecular flexibility index (Phi) is 7.45. The highest BCUT2D eigenvalue weighted by Crippen LogP contribution is 2.36. The van der Waals surface area contributed by atoms with Crippen molar-refractivity contribution in [3.8, 4) is 0 Å². The van der Waals surface area contributed by atoms with Crippen LogP contribution in [0.2, 0.25) is 4.47 Å². The van der Waals surface area contributed by atoms with E-state index in [-0.39, 0.29) is 11.1 Å². The zero-order valence-electron chi connectivity index (χ0n) is 11.6. The summed E-state index contributed by atoms with van der Waals surface area (Å²) in [5, 5.41) is 0. The molecule has 0 radical (unpaired) electrons. The highest BCUT2D eigenvalue weighted by molar-refractivity contribution is 7.17. The largest absolute Gasteiger partial charge is 0.461 e. The fourth-order valence-electron chi connectivity index (χ4n) is 1.74. The average Bonchev–Trinajstić information content (AvgIpc) is 2.80. The zero-order valence-corrected chi connectivity index (χ0v) is 13.2. The van der Waals surface area contributed by atoms with Crippen molar-refractivity contribution in [2.24, 2.45) is 0 Å². The molecule has 21 heavy (non-hydrogen) atoms. The van der Waals surface area contributed by atoms with Gasteiger partial charge in [0.2, 0.25) is 0 Å². The number of alkyl halides is 3. The van der Waals surface area contributed by atoms with Crippen molar-refractivity contribution in [1.82, 2.24) is 4.98 Å². The summed E-state index contributed by atoms with van der Waals surface area (Å²) in [6.07, 6.45) is 1.28. The summed E-state index contributed by atoms with van der Waals surface area (Å²) < 4.78 is 42.5. The minimum atomic E-state index is -4.71. The standard InChI is InChI=1S/C13H17ClF3NO2S/c1-2-3-4-5-6-7-8-20-11(19)9-10(13(15,16)17)18-12(14)21-9/h2-8H2,1H3.